The summed E-state index contributed by atoms with van der Waals surface area (Å²) in [4.78, 5) is 27.1. The van der Waals surface area contributed by atoms with Crippen LogP contribution in [0.15, 0.2) is 16.4 Å². The Morgan fingerprint density at radius 3 is 2.43 bits per heavy atom. The van der Waals surface area contributed by atoms with E-state index in [1.165, 1.54) is 13.3 Å². The molecule has 0 radical (unpaired) electrons. The van der Waals surface area contributed by atoms with Crippen LogP contribution in [0.2, 0.25) is 0 Å². The van der Waals surface area contributed by atoms with Gasteiger partial charge in [-0.15, -0.1) is 0 Å². The predicted octanol–water partition coefficient (Wildman–Crippen LogP) is 1.38. The molecule has 0 saturated carbocycles. The van der Waals surface area contributed by atoms with E-state index < -0.39 is 11.7 Å². The summed E-state index contributed by atoms with van der Waals surface area (Å²) in [5.74, 6) is -0.156. The number of nitrogens with zero attached hydrogens (tertiary/aromatic N) is 1. The molecule has 0 saturated heterocycles. The van der Waals surface area contributed by atoms with Gasteiger partial charge < -0.3 is 20.5 Å². The molecule has 0 aliphatic rings. The SMILES string of the molecule is CN=CC(C(=O)CCCNC(=O)OC(C)(C)C)=C(N)OC. The molecule has 0 heterocycles. The van der Waals surface area contributed by atoms with Crippen molar-refractivity contribution in [2.45, 2.75) is 39.2 Å². The lowest BCUT2D eigenvalue weighted by Gasteiger charge is -2.19. The number of hydrogen-bond acceptors (Lipinski definition) is 6. The molecule has 0 bridgehead atoms. The third kappa shape index (κ3) is 8.67. The first-order chi connectivity index (χ1) is 9.71. The number of ketones is 1. The van der Waals surface area contributed by atoms with Crippen LogP contribution >= 0.6 is 0 Å². The zero-order chi connectivity index (χ0) is 16.5. The van der Waals surface area contributed by atoms with E-state index in [2.05, 4.69) is 10.3 Å². The Morgan fingerprint density at radius 1 is 1.33 bits per heavy atom. The van der Waals surface area contributed by atoms with Crippen LogP contribution in [0, 0.1) is 0 Å². The highest BCUT2D eigenvalue weighted by Crippen LogP contribution is 2.07. The number of Topliss-reactive ketones (excluding diaryl/α,β-unsaturated/α-hetero) is 1. The van der Waals surface area contributed by atoms with Gasteiger partial charge in [-0.05, 0) is 27.2 Å². The van der Waals surface area contributed by atoms with E-state index in [0.717, 1.165) is 0 Å². The van der Waals surface area contributed by atoms with Crippen LogP contribution in [0.4, 0.5) is 4.79 Å². The number of methoxy groups -OCH3 is 1. The Bertz CT molecular complexity index is 422. The Labute approximate surface area is 125 Å². The van der Waals surface area contributed by atoms with Gasteiger partial charge in [-0.1, -0.05) is 0 Å². The van der Waals surface area contributed by atoms with Gasteiger partial charge in [0.1, 0.15) is 5.60 Å². The van der Waals surface area contributed by atoms with E-state index in [9.17, 15) is 9.59 Å². The Hall–Kier alpha value is -2.05. The first-order valence-electron chi connectivity index (χ1n) is 6.67. The van der Waals surface area contributed by atoms with Gasteiger partial charge in [-0.3, -0.25) is 9.79 Å². The molecule has 7 heteroatoms. The summed E-state index contributed by atoms with van der Waals surface area (Å²) in [5.41, 5.74) is 5.27. The summed E-state index contributed by atoms with van der Waals surface area (Å²) in [7, 11) is 2.93. The average molecular weight is 299 g/mol. The van der Waals surface area contributed by atoms with Crippen molar-refractivity contribution in [2.24, 2.45) is 10.7 Å². The average Bonchev–Trinajstić information content (AvgIpc) is 2.37. The zero-order valence-electron chi connectivity index (χ0n) is 13.4. The first kappa shape index (κ1) is 18.9. The van der Waals surface area contributed by atoms with Gasteiger partial charge in [0.05, 0.1) is 12.7 Å². The largest absolute Gasteiger partial charge is 0.482 e. The van der Waals surface area contributed by atoms with Crippen molar-refractivity contribution >= 4 is 18.1 Å². The molecule has 1 amide bonds. The summed E-state index contributed by atoms with van der Waals surface area (Å²) in [5, 5.41) is 2.58. The van der Waals surface area contributed by atoms with Crippen LogP contribution in [-0.2, 0) is 14.3 Å². The maximum absolute atomic E-state index is 12.0. The quantitative estimate of drug-likeness (QED) is 0.320. The van der Waals surface area contributed by atoms with Crippen LogP contribution < -0.4 is 11.1 Å². The van der Waals surface area contributed by atoms with Crippen molar-refractivity contribution in [1.29, 1.82) is 0 Å². The lowest BCUT2D eigenvalue weighted by atomic mass is 10.1. The maximum atomic E-state index is 12.0. The minimum absolute atomic E-state index is 0.0331. The number of carbonyl (C=O) groups excluding carboxylic acids is 2. The van der Waals surface area contributed by atoms with Crippen molar-refractivity contribution < 1.29 is 19.1 Å². The number of nitrogens with one attached hydrogen (secondary N) is 1. The summed E-state index contributed by atoms with van der Waals surface area (Å²) in [6.45, 7) is 5.68. The predicted molar refractivity (Wildman–Crippen MR) is 81.1 cm³/mol. The normalized spacial score (nSPS) is 12.8. The van der Waals surface area contributed by atoms with Crippen molar-refractivity contribution in [3.63, 3.8) is 0 Å². The van der Waals surface area contributed by atoms with Crippen LogP contribution in [-0.4, -0.2) is 44.4 Å². The van der Waals surface area contributed by atoms with Crippen molar-refractivity contribution in [2.75, 3.05) is 20.7 Å². The molecule has 3 N–H and O–H groups in total. The van der Waals surface area contributed by atoms with Crippen molar-refractivity contribution in [3.8, 4) is 0 Å². The van der Waals surface area contributed by atoms with Gasteiger partial charge in [0, 0.05) is 26.2 Å². The number of alkyl carbamates (subject to hydrolysis) is 1. The minimum Gasteiger partial charge on any atom is -0.482 e. The summed E-state index contributed by atoms with van der Waals surface area (Å²) >= 11 is 0. The van der Waals surface area contributed by atoms with Crippen LogP contribution in [0.3, 0.4) is 0 Å². The molecule has 0 aliphatic carbocycles. The first-order valence-corrected chi connectivity index (χ1v) is 6.67. The van der Waals surface area contributed by atoms with E-state index in [0.29, 0.717) is 13.0 Å². The Balaban J connectivity index is 4.24. The molecular weight excluding hydrogens is 274 g/mol. The minimum atomic E-state index is -0.541. The lowest BCUT2D eigenvalue weighted by Crippen LogP contribution is -2.33. The summed E-state index contributed by atoms with van der Waals surface area (Å²) in [6, 6.07) is 0. The number of aliphatic imine (C=N–C) groups is 1. The third-order valence-electron chi connectivity index (χ3n) is 2.29. The van der Waals surface area contributed by atoms with Gasteiger partial charge in [0.25, 0.3) is 0 Å². The van der Waals surface area contributed by atoms with Gasteiger partial charge in [-0.25, -0.2) is 4.79 Å². The standard InChI is InChI=1S/C14H25N3O4/c1-14(2,3)21-13(19)17-8-6-7-11(18)10(9-16-4)12(15)20-5/h9H,6-8,15H2,1-5H3,(H,17,19). The molecule has 0 atom stereocenters. The second-order valence-electron chi connectivity index (χ2n) is 5.32. The summed E-state index contributed by atoms with van der Waals surface area (Å²) in [6.07, 6.45) is 1.55. The highest BCUT2D eigenvalue weighted by Gasteiger charge is 2.16. The highest BCUT2D eigenvalue weighted by atomic mass is 16.6. The number of amides is 1. The molecular formula is C14H25N3O4. The fraction of sp³-hybridized carbons (Fsp3) is 0.643. The topological polar surface area (TPSA) is 103 Å². The number of ether oxygens (including phenoxy) is 2. The van der Waals surface area contributed by atoms with E-state index >= 15 is 0 Å². The number of hydrogen-bond donors (Lipinski definition) is 2. The van der Waals surface area contributed by atoms with Gasteiger partial charge in [0.2, 0.25) is 0 Å². The highest BCUT2D eigenvalue weighted by molar-refractivity contribution is 6.13. The third-order valence-corrected chi connectivity index (χ3v) is 2.29. The van der Waals surface area contributed by atoms with Gasteiger partial charge in [-0.2, -0.15) is 0 Å². The molecule has 0 spiro atoms. The monoisotopic (exact) mass is 299 g/mol. The lowest BCUT2D eigenvalue weighted by molar-refractivity contribution is -0.115. The Kier molecular flexibility index (Phi) is 8.11. The maximum Gasteiger partial charge on any atom is 0.407 e. The van der Waals surface area contributed by atoms with Gasteiger partial charge in [0.15, 0.2) is 11.7 Å². The Morgan fingerprint density at radius 2 is 1.95 bits per heavy atom. The number of nitrogens with two attached hydrogens (primary N) is 1. The number of rotatable bonds is 7. The van der Waals surface area contributed by atoms with Crippen LogP contribution in [0.1, 0.15) is 33.6 Å². The molecule has 0 rings (SSSR count). The van der Waals surface area contributed by atoms with E-state index in [1.807, 2.05) is 0 Å². The van der Waals surface area contributed by atoms with Gasteiger partial charge >= 0.3 is 6.09 Å². The van der Waals surface area contributed by atoms with Crippen LogP contribution in [0.5, 0.6) is 0 Å². The molecule has 0 aromatic rings. The molecule has 21 heavy (non-hydrogen) atoms. The van der Waals surface area contributed by atoms with Crippen molar-refractivity contribution in [3.05, 3.63) is 11.5 Å². The molecule has 0 aliphatic heterocycles. The second-order valence-corrected chi connectivity index (χ2v) is 5.32. The van der Waals surface area contributed by atoms with Crippen LogP contribution in [0.25, 0.3) is 0 Å². The molecule has 0 aromatic carbocycles. The molecule has 0 fully saturated rings. The molecule has 120 valence electrons. The fourth-order valence-electron chi connectivity index (χ4n) is 1.40. The second kappa shape index (κ2) is 8.99. The van der Waals surface area contributed by atoms with E-state index in [4.69, 9.17) is 15.2 Å². The molecule has 0 unspecified atom stereocenters. The summed E-state index contributed by atoms with van der Waals surface area (Å²) < 4.78 is 9.92. The smallest absolute Gasteiger partial charge is 0.407 e. The van der Waals surface area contributed by atoms with E-state index in [1.54, 1.807) is 27.8 Å². The number of carbonyl (C=O) groups is 2. The zero-order valence-corrected chi connectivity index (χ0v) is 13.4. The van der Waals surface area contributed by atoms with Crippen molar-refractivity contribution in [1.82, 2.24) is 5.32 Å². The fourth-order valence-corrected chi connectivity index (χ4v) is 1.40. The number of allylic oxidation sites excluding steroid dienone is 1. The molecule has 7 nitrogen and oxygen atoms in total. The molecule has 0 aromatic heterocycles. The van der Waals surface area contributed by atoms with E-state index in [-0.39, 0.29) is 23.7 Å².